The van der Waals surface area contributed by atoms with Crippen LogP contribution in [0.15, 0.2) is 0 Å². The maximum atomic E-state index is 11.0. The van der Waals surface area contributed by atoms with Gasteiger partial charge in [-0.1, -0.05) is 0 Å². The molecule has 1 spiro atoms. The van der Waals surface area contributed by atoms with Gasteiger partial charge in [0.1, 0.15) is 0 Å². The van der Waals surface area contributed by atoms with Crippen molar-refractivity contribution in [1.82, 2.24) is 0 Å². The van der Waals surface area contributed by atoms with Gasteiger partial charge < -0.3 is 10.5 Å². The lowest BCUT2D eigenvalue weighted by atomic mass is 9.85. The van der Waals surface area contributed by atoms with Crippen LogP contribution in [0, 0.1) is 11.3 Å². The lowest BCUT2D eigenvalue weighted by Crippen LogP contribution is -2.38. The van der Waals surface area contributed by atoms with E-state index >= 15 is 0 Å². The minimum atomic E-state index is -0.134. The third-order valence-electron chi connectivity index (χ3n) is 2.92. The van der Waals surface area contributed by atoms with E-state index in [1.165, 1.54) is 0 Å². The summed E-state index contributed by atoms with van der Waals surface area (Å²) in [5.41, 5.74) is 5.46. The number of ether oxygens (including phenoxy) is 1. The van der Waals surface area contributed by atoms with Crippen molar-refractivity contribution >= 4 is 5.91 Å². The van der Waals surface area contributed by atoms with Gasteiger partial charge in [0.05, 0.1) is 6.61 Å². The predicted molar refractivity (Wildman–Crippen MR) is 39.8 cm³/mol. The Morgan fingerprint density at radius 3 is 2.73 bits per heavy atom. The van der Waals surface area contributed by atoms with E-state index in [4.69, 9.17) is 10.5 Å². The highest BCUT2D eigenvalue weighted by atomic mass is 16.5. The molecule has 62 valence electrons. The van der Waals surface area contributed by atoms with E-state index in [1.807, 2.05) is 0 Å². The molecule has 0 radical (unpaired) electrons. The van der Waals surface area contributed by atoms with Crippen molar-refractivity contribution in [3.8, 4) is 0 Å². The van der Waals surface area contributed by atoms with Crippen molar-refractivity contribution in [1.29, 1.82) is 0 Å². The van der Waals surface area contributed by atoms with Gasteiger partial charge in [0, 0.05) is 17.9 Å². The van der Waals surface area contributed by atoms with Crippen molar-refractivity contribution in [2.24, 2.45) is 17.1 Å². The highest BCUT2D eigenvalue weighted by molar-refractivity contribution is 5.78. The van der Waals surface area contributed by atoms with Gasteiger partial charge in [-0.05, 0) is 19.3 Å². The van der Waals surface area contributed by atoms with Gasteiger partial charge in [-0.25, -0.2) is 0 Å². The summed E-state index contributed by atoms with van der Waals surface area (Å²) in [4.78, 5) is 11.0. The minimum absolute atomic E-state index is 0.0937. The maximum absolute atomic E-state index is 11.0. The Kier molecular flexibility index (Phi) is 1.42. The molecule has 3 heteroatoms. The normalized spacial score (nSPS) is 33.6. The lowest BCUT2D eigenvalue weighted by Gasteiger charge is -2.28. The van der Waals surface area contributed by atoms with Crippen LogP contribution in [-0.2, 0) is 9.53 Å². The summed E-state index contributed by atoms with van der Waals surface area (Å²) in [6.45, 7) is 1.45. The molecule has 1 aliphatic carbocycles. The number of nitrogens with two attached hydrogens (primary N) is 1. The van der Waals surface area contributed by atoms with Crippen LogP contribution in [0.4, 0.5) is 0 Å². The summed E-state index contributed by atoms with van der Waals surface area (Å²) >= 11 is 0. The average Bonchev–Trinajstić information content (AvgIpc) is 2.70. The summed E-state index contributed by atoms with van der Waals surface area (Å²) in [5, 5.41) is 0. The van der Waals surface area contributed by atoms with E-state index in [0.29, 0.717) is 6.61 Å². The Morgan fingerprint density at radius 1 is 1.55 bits per heavy atom. The van der Waals surface area contributed by atoms with E-state index in [1.54, 1.807) is 0 Å². The Balaban J connectivity index is 2.10. The standard InChI is InChI=1S/C8H13NO2/c9-7(10)6-1-4-11-5-8(6)2-3-8/h6H,1-5H2,(H2,9,10)/t6-/m1/s1. The molecule has 0 aromatic heterocycles. The van der Waals surface area contributed by atoms with Gasteiger partial charge in [-0.15, -0.1) is 0 Å². The maximum Gasteiger partial charge on any atom is 0.221 e. The van der Waals surface area contributed by atoms with Gasteiger partial charge in [-0.2, -0.15) is 0 Å². The Hall–Kier alpha value is -0.570. The van der Waals surface area contributed by atoms with Gasteiger partial charge in [-0.3, -0.25) is 4.79 Å². The van der Waals surface area contributed by atoms with E-state index in [0.717, 1.165) is 25.9 Å². The molecule has 1 saturated heterocycles. The fourth-order valence-electron chi connectivity index (χ4n) is 1.98. The molecular formula is C8H13NO2. The molecule has 2 N–H and O–H groups in total. The van der Waals surface area contributed by atoms with Crippen molar-refractivity contribution in [2.75, 3.05) is 13.2 Å². The highest BCUT2D eigenvalue weighted by Gasteiger charge is 2.53. The molecule has 2 fully saturated rings. The van der Waals surface area contributed by atoms with Crippen LogP contribution in [-0.4, -0.2) is 19.1 Å². The fraction of sp³-hybridized carbons (Fsp3) is 0.875. The molecule has 1 atom stereocenters. The van der Waals surface area contributed by atoms with Crippen LogP contribution < -0.4 is 5.73 Å². The molecule has 3 nitrogen and oxygen atoms in total. The molecule has 2 aliphatic rings. The average molecular weight is 155 g/mol. The van der Waals surface area contributed by atoms with Gasteiger partial charge in [0.25, 0.3) is 0 Å². The largest absolute Gasteiger partial charge is 0.381 e. The molecule has 2 rings (SSSR count). The monoisotopic (exact) mass is 155 g/mol. The number of amides is 1. The van der Waals surface area contributed by atoms with Crippen LogP contribution in [0.5, 0.6) is 0 Å². The zero-order valence-corrected chi connectivity index (χ0v) is 6.51. The summed E-state index contributed by atoms with van der Waals surface area (Å²) in [6.07, 6.45) is 3.08. The molecular weight excluding hydrogens is 142 g/mol. The van der Waals surface area contributed by atoms with Gasteiger partial charge in [0.2, 0.25) is 5.91 Å². The van der Waals surface area contributed by atoms with Crippen molar-refractivity contribution in [2.45, 2.75) is 19.3 Å². The molecule has 0 aromatic carbocycles. The first kappa shape index (κ1) is 7.10. The third-order valence-corrected chi connectivity index (χ3v) is 2.92. The topological polar surface area (TPSA) is 52.3 Å². The van der Waals surface area contributed by atoms with Crippen molar-refractivity contribution in [3.05, 3.63) is 0 Å². The molecule has 1 saturated carbocycles. The predicted octanol–water partition coefficient (Wildman–Crippen LogP) is 0.288. The summed E-state index contributed by atoms with van der Waals surface area (Å²) < 4.78 is 5.32. The molecule has 1 amide bonds. The molecule has 0 bridgehead atoms. The van der Waals surface area contributed by atoms with Gasteiger partial charge in [0.15, 0.2) is 0 Å². The Morgan fingerprint density at radius 2 is 2.27 bits per heavy atom. The minimum Gasteiger partial charge on any atom is -0.381 e. The zero-order valence-electron chi connectivity index (χ0n) is 6.51. The third kappa shape index (κ3) is 1.03. The molecule has 1 aliphatic heterocycles. The second kappa shape index (κ2) is 2.21. The molecule has 0 aromatic rings. The van der Waals surface area contributed by atoms with Gasteiger partial charge >= 0.3 is 0 Å². The van der Waals surface area contributed by atoms with E-state index in [9.17, 15) is 4.79 Å². The van der Waals surface area contributed by atoms with E-state index in [2.05, 4.69) is 0 Å². The SMILES string of the molecule is NC(=O)[C@H]1CCOCC12CC2. The zero-order chi connectivity index (χ0) is 7.90. The van der Waals surface area contributed by atoms with Crippen LogP contribution in [0.25, 0.3) is 0 Å². The second-order valence-corrected chi connectivity index (χ2v) is 3.66. The second-order valence-electron chi connectivity index (χ2n) is 3.66. The lowest BCUT2D eigenvalue weighted by molar-refractivity contribution is -0.129. The Labute approximate surface area is 65.9 Å². The van der Waals surface area contributed by atoms with Crippen LogP contribution in [0.1, 0.15) is 19.3 Å². The number of carbonyl (C=O) groups is 1. The highest BCUT2D eigenvalue weighted by Crippen LogP contribution is 2.54. The number of rotatable bonds is 1. The van der Waals surface area contributed by atoms with Crippen LogP contribution in [0.3, 0.4) is 0 Å². The van der Waals surface area contributed by atoms with E-state index in [-0.39, 0.29) is 17.2 Å². The first-order valence-electron chi connectivity index (χ1n) is 4.12. The smallest absolute Gasteiger partial charge is 0.221 e. The first-order valence-corrected chi connectivity index (χ1v) is 4.12. The molecule has 0 unspecified atom stereocenters. The summed E-state index contributed by atoms with van der Waals surface area (Å²) in [7, 11) is 0. The van der Waals surface area contributed by atoms with Crippen LogP contribution in [0.2, 0.25) is 0 Å². The molecule has 11 heavy (non-hydrogen) atoms. The number of carbonyl (C=O) groups excluding carboxylic acids is 1. The van der Waals surface area contributed by atoms with Crippen LogP contribution >= 0.6 is 0 Å². The fourth-order valence-corrected chi connectivity index (χ4v) is 1.98. The quantitative estimate of drug-likeness (QED) is 0.591. The number of hydrogen-bond acceptors (Lipinski definition) is 2. The van der Waals surface area contributed by atoms with Crippen molar-refractivity contribution < 1.29 is 9.53 Å². The summed E-state index contributed by atoms with van der Waals surface area (Å²) in [6, 6.07) is 0. The van der Waals surface area contributed by atoms with E-state index < -0.39 is 0 Å². The molecule has 1 heterocycles. The Bertz CT molecular complexity index is 187. The number of primary amides is 1. The van der Waals surface area contributed by atoms with Crippen molar-refractivity contribution in [3.63, 3.8) is 0 Å². The number of hydrogen-bond donors (Lipinski definition) is 1. The first-order chi connectivity index (χ1) is 5.25. The summed E-state index contributed by atoms with van der Waals surface area (Å²) in [5.74, 6) is -0.0398.